The number of amides is 1. The molecule has 0 saturated heterocycles. The highest BCUT2D eigenvalue weighted by molar-refractivity contribution is 5.79. The fourth-order valence-electron chi connectivity index (χ4n) is 4.27. The van der Waals surface area contributed by atoms with Crippen LogP contribution in [-0.4, -0.2) is 12.5 Å². The molecule has 1 fully saturated rings. The summed E-state index contributed by atoms with van der Waals surface area (Å²) in [5.41, 5.74) is 1.61. The van der Waals surface area contributed by atoms with E-state index >= 15 is 0 Å². The Hall–Kier alpha value is -1.31. The topological polar surface area (TPSA) is 29.1 Å². The number of hydrogen-bond acceptors (Lipinski definition) is 1. The Morgan fingerprint density at radius 1 is 1.25 bits per heavy atom. The SMILES string of the molecule is CCC(CNC(=O)C1CC(C)(C)CCC1C(C)C)c1ccccc1. The lowest BCUT2D eigenvalue weighted by Gasteiger charge is -2.42. The van der Waals surface area contributed by atoms with E-state index in [0.29, 0.717) is 17.8 Å². The highest BCUT2D eigenvalue weighted by Crippen LogP contribution is 2.44. The van der Waals surface area contributed by atoms with E-state index in [1.165, 1.54) is 18.4 Å². The molecule has 24 heavy (non-hydrogen) atoms. The molecule has 2 nitrogen and oxygen atoms in total. The summed E-state index contributed by atoms with van der Waals surface area (Å²) in [6, 6.07) is 10.5. The molecule has 3 atom stereocenters. The van der Waals surface area contributed by atoms with E-state index in [-0.39, 0.29) is 17.2 Å². The van der Waals surface area contributed by atoms with Crippen molar-refractivity contribution in [1.29, 1.82) is 0 Å². The molecule has 2 rings (SSSR count). The fourth-order valence-corrected chi connectivity index (χ4v) is 4.27. The third-order valence-corrected chi connectivity index (χ3v) is 5.92. The van der Waals surface area contributed by atoms with E-state index in [0.717, 1.165) is 19.4 Å². The van der Waals surface area contributed by atoms with Crippen LogP contribution in [0.25, 0.3) is 0 Å². The summed E-state index contributed by atoms with van der Waals surface area (Å²) in [6.45, 7) is 12.1. The van der Waals surface area contributed by atoms with E-state index < -0.39 is 0 Å². The van der Waals surface area contributed by atoms with Gasteiger partial charge in [0.1, 0.15) is 0 Å². The lowest BCUT2D eigenvalue weighted by atomic mass is 9.64. The molecule has 2 heteroatoms. The van der Waals surface area contributed by atoms with Gasteiger partial charge >= 0.3 is 0 Å². The van der Waals surface area contributed by atoms with Gasteiger partial charge in [0.05, 0.1) is 0 Å². The zero-order valence-corrected chi connectivity index (χ0v) is 16.1. The molecule has 1 aliphatic rings. The van der Waals surface area contributed by atoms with E-state index in [4.69, 9.17) is 0 Å². The van der Waals surface area contributed by atoms with Crippen molar-refractivity contribution in [3.63, 3.8) is 0 Å². The number of hydrogen-bond donors (Lipinski definition) is 1. The largest absolute Gasteiger partial charge is 0.355 e. The molecule has 3 unspecified atom stereocenters. The summed E-state index contributed by atoms with van der Waals surface area (Å²) < 4.78 is 0. The van der Waals surface area contributed by atoms with Gasteiger partial charge in [-0.25, -0.2) is 0 Å². The lowest BCUT2D eigenvalue weighted by molar-refractivity contribution is -0.130. The minimum absolute atomic E-state index is 0.169. The smallest absolute Gasteiger partial charge is 0.223 e. The van der Waals surface area contributed by atoms with Crippen LogP contribution in [0.1, 0.15) is 71.8 Å². The summed E-state index contributed by atoms with van der Waals surface area (Å²) in [5.74, 6) is 1.95. The van der Waals surface area contributed by atoms with Gasteiger partial charge in [0.15, 0.2) is 0 Å². The van der Waals surface area contributed by atoms with E-state index in [1.807, 2.05) is 6.07 Å². The summed E-state index contributed by atoms with van der Waals surface area (Å²) in [6.07, 6.45) is 4.48. The quantitative estimate of drug-likeness (QED) is 0.744. The first-order valence-corrected chi connectivity index (χ1v) is 9.66. The van der Waals surface area contributed by atoms with Crippen LogP contribution >= 0.6 is 0 Å². The maximum absolute atomic E-state index is 12.9. The van der Waals surface area contributed by atoms with Gasteiger partial charge in [-0.05, 0) is 48.5 Å². The molecular weight excluding hydrogens is 294 g/mol. The molecule has 134 valence electrons. The number of rotatable bonds is 6. The Balaban J connectivity index is 2.01. The van der Waals surface area contributed by atoms with Gasteiger partial charge in [0, 0.05) is 18.4 Å². The second-order valence-electron chi connectivity index (χ2n) is 8.68. The maximum atomic E-state index is 12.9. The number of benzene rings is 1. The summed E-state index contributed by atoms with van der Waals surface area (Å²) >= 11 is 0. The van der Waals surface area contributed by atoms with Gasteiger partial charge in [-0.15, -0.1) is 0 Å². The monoisotopic (exact) mass is 329 g/mol. The van der Waals surface area contributed by atoms with Crippen molar-refractivity contribution >= 4 is 5.91 Å². The molecule has 1 N–H and O–H groups in total. The molecule has 1 amide bonds. The predicted octanol–water partition coefficient (Wildman–Crippen LogP) is 5.39. The molecule has 1 aromatic carbocycles. The normalized spacial score (nSPS) is 24.6. The molecule has 0 heterocycles. The van der Waals surface area contributed by atoms with E-state index in [2.05, 4.69) is 64.2 Å². The zero-order valence-electron chi connectivity index (χ0n) is 16.1. The molecule has 0 radical (unpaired) electrons. The number of carbonyl (C=O) groups excluding carboxylic acids is 1. The van der Waals surface area contributed by atoms with E-state index in [9.17, 15) is 4.79 Å². The standard InChI is InChI=1S/C22H35NO/c1-6-17(18-10-8-7-9-11-18)15-23-21(24)20-14-22(4,5)13-12-19(20)16(2)3/h7-11,16-17,19-20H,6,12-15H2,1-5H3,(H,23,24). The van der Waals surface area contributed by atoms with Gasteiger partial charge in [-0.1, -0.05) is 65.0 Å². The van der Waals surface area contributed by atoms with Gasteiger partial charge in [0.25, 0.3) is 0 Å². The van der Waals surface area contributed by atoms with Crippen LogP contribution in [0.4, 0.5) is 0 Å². The first kappa shape index (κ1) is 19.0. The zero-order chi connectivity index (χ0) is 17.7. The number of carbonyl (C=O) groups is 1. The first-order chi connectivity index (χ1) is 11.3. The predicted molar refractivity (Wildman–Crippen MR) is 102 cm³/mol. The molecule has 0 aromatic heterocycles. The average molecular weight is 330 g/mol. The Kier molecular flexibility index (Phi) is 6.48. The number of nitrogens with one attached hydrogen (secondary N) is 1. The van der Waals surface area contributed by atoms with Crippen molar-refractivity contribution in [1.82, 2.24) is 5.32 Å². The van der Waals surface area contributed by atoms with Crippen LogP contribution < -0.4 is 5.32 Å². The first-order valence-electron chi connectivity index (χ1n) is 9.66. The van der Waals surface area contributed by atoms with Crippen LogP contribution in [0.3, 0.4) is 0 Å². The Bertz CT molecular complexity index is 520. The van der Waals surface area contributed by atoms with Crippen molar-refractivity contribution in [2.75, 3.05) is 6.54 Å². The van der Waals surface area contributed by atoms with Gasteiger partial charge < -0.3 is 5.32 Å². The van der Waals surface area contributed by atoms with Crippen molar-refractivity contribution in [2.45, 2.75) is 66.2 Å². The summed E-state index contributed by atoms with van der Waals surface area (Å²) in [4.78, 5) is 12.9. The van der Waals surface area contributed by atoms with Crippen molar-refractivity contribution in [3.8, 4) is 0 Å². The second kappa shape index (κ2) is 8.18. The lowest BCUT2D eigenvalue weighted by Crippen LogP contribution is -2.43. The van der Waals surface area contributed by atoms with E-state index in [1.54, 1.807) is 0 Å². The Morgan fingerprint density at radius 3 is 2.50 bits per heavy atom. The fraction of sp³-hybridized carbons (Fsp3) is 0.682. The molecule has 0 bridgehead atoms. The minimum Gasteiger partial charge on any atom is -0.355 e. The second-order valence-corrected chi connectivity index (χ2v) is 8.68. The van der Waals surface area contributed by atoms with Crippen molar-refractivity contribution in [2.24, 2.45) is 23.2 Å². The van der Waals surface area contributed by atoms with Crippen molar-refractivity contribution < 1.29 is 4.79 Å². The minimum atomic E-state index is 0.169. The molecule has 0 aliphatic heterocycles. The molecule has 1 aromatic rings. The van der Waals surface area contributed by atoms with Crippen LogP contribution in [-0.2, 0) is 4.79 Å². The molecular formula is C22H35NO. The summed E-state index contributed by atoms with van der Waals surface area (Å²) in [5, 5.41) is 3.29. The van der Waals surface area contributed by atoms with Crippen molar-refractivity contribution in [3.05, 3.63) is 35.9 Å². The van der Waals surface area contributed by atoms with Crippen LogP contribution in [0.2, 0.25) is 0 Å². The van der Waals surface area contributed by atoms with Gasteiger partial charge in [-0.2, -0.15) is 0 Å². The third kappa shape index (κ3) is 4.84. The van der Waals surface area contributed by atoms with Gasteiger partial charge in [0.2, 0.25) is 5.91 Å². The maximum Gasteiger partial charge on any atom is 0.223 e. The van der Waals surface area contributed by atoms with Crippen LogP contribution in [0.15, 0.2) is 30.3 Å². The highest BCUT2D eigenvalue weighted by atomic mass is 16.1. The Labute approximate surface area is 148 Å². The molecule has 1 saturated carbocycles. The molecule has 1 aliphatic carbocycles. The van der Waals surface area contributed by atoms with Gasteiger partial charge in [-0.3, -0.25) is 4.79 Å². The highest BCUT2D eigenvalue weighted by Gasteiger charge is 2.39. The Morgan fingerprint density at radius 2 is 1.92 bits per heavy atom. The van der Waals surface area contributed by atoms with Crippen LogP contribution in [0, 0.1) is 23.2 Å². The molecule has 0 spiro atoms. The summed E-state index contributed by atoms with van der Waals surface area (Å²) in [7, 11) is 0. The third-order valence-electron chi connectivity index (χ3n) is 5.92. The average Bonchev–Trinajstić information content (AvgIpc) is 2.55. The van der Waals surface area contributed by atoms with Crippen LogP contribution in [0.5, 0.6) is 0 Å².